The number of likely N-dealkylation sites (N-methyl/N-ethyl adjacent to an activating group) is 1. The van der Waals surface area contributed by atoms with Crippen molar-refractivity contribution >= 4 is 5.91 Å². The van der Waals surface area contributed by atoms with Gasteiger partial charge in [-0.1, -0.05) is 13.3 Å². The molecule has 0 spiro atoms. The molecule has 4 nitrogen and oxygen atoms in total. The van der Waals surface area contributed by atoms with Crippen molar-refractivity contribution in [1.29, 1.82) is 0 Å². The van der Waals surface area contributed by atoms with E-state index in [1.54, 1.807) is 12.0 Å². The molecule has 0 aromatic heterocycles. The topological polar surface area (TPSA) is 55.6 Å². The zero-order valence-electron chi connectivity index (χ0n) is 9.45. The molecule has 0 bridgehead atoms. The van der Waals surface area contributed by atoms with Gasteiger partial charge in [-0.15, -0.1) is 0 Å². The molecule has 2 N–H and O–H groups in total. The van der Waals surface area contributed by atoms with Crippen molar-refractivity contribution in [2.45, 2.75) is 32.7 Å². The molecule has 0 aliphatic carbocycles. The van der Waals surface area contributed by atoms with Gasteiger partial charge in [0.25, 0.3) is 0 Å². The number of nitrogens with zero attached hydrogens (tertiary/aromatic N) is 1. The van der Waals surface area contributed by atoms with Crippen LogP contribution in [0.5, 0.6) is 0 Å². The second-order valence-electron chi connectivity index (χ2n) is 3.31. The quantitative estimate of drug-likeness (QED) is 0.658. The lowest BCUT2D eigenvalue weighted by molar-refractivity contribution is -0.133. The van der Waals surface area contributed by atoms with E-state index in [4.69, 9.17) is 10.5 Å². The Morgan fingerprint density at radius 2 is 2.14 bits per heavy atom. The molecule has 0 aromatic rings. The number of amides is 1. The van der Waals surface area contributed by atoms with Gasteiger partial charge in [-0.3, -0.25) is 4.79 Å². The van der Waals surface area contributed by atoms with E-state index >= 15 is 0 Å². The summed E-state index contributed by atoms with van der Waals surface area (Å²) in [6, 6.07) is -0.350. The first-order chi connectivity index (χ1) is 6.67. The monoisotopic (exact) mass is 202 g/mol. The molecule has 0 unspecified atom stereocenters. The van der Waals surface area contributed by atoms with Crippen LogP contribution >= 0.6 is 0 Å². The Morgan fingerprint density at radius 3 is 2.57 bits per heavy atom. The number of carbonyl (C=O) groups excluding carboxylic acids is 1. The van der Waals surface area contributed by atoms with E-state index in [-0.39, 0.29) is 11.9 Å². The van der Waals surface area contributed by atoms with Crippen molar-refractivity contribution in [3.63, 3.8) is 0 Å². The summed E-state index contributed by atoms with van der Waals surface area (Å²) in [5, 5.41) is 0. The number of ether oxygens (including phenoxy) is 1. The predicted octanol–water partition coefficient (Wildman–Crippen LogP) is 0.609. The second-order valence-corrected chi connectivity index (χ2v) is 3.31. The third-order valence-electron chi connectivity index (χ3n) is 2.18. The highest BCUT2D eigenvalue weighted by molar-refractivity contribution is 5.81. The third kappa shape index (κ3) is 4.58. The van der Waals surface area contributed by atoms with Crippen LogP contribution in [0.4, 0.5) is 0 Å². The summed E-state index contributed by atoms with van der Waals surface area (Å²) in [5.41, 5.74) is 5.74. The van der Waals surface area contributed by atoms with Crippen LogP contribution in [0.1, 0.15) is 26.7 Å². The van der Waals surface area contributed by atoms with Crippen LogP contribution in [0.3, 0.4) is 0 Å². The molecule has 84 valence electrons. The molecule has 0 aliphatic rings. The smallest absolute Gasteiger partial charge is 0.239 e. The van der Waals surface area contributed by atoms with Crippen molar-refractivity contribution in [3.05, 3.63) is 0 Å². The van der Waals surface area contributed by atoms with Crippen LogP contribution in [0, 0.1) is 0 Å². The van der Waals surface area contributed by atoms with Crippen LogP contribution in [0.15, 0.2) is 0 Å². The van der Waals surface area contributed by atoms with Gasteiger partial charge >= 0.3 is 0 Å². The Morgan fingerprint density at radius 1 is 1.50 bits per heavy atom. The zero-order valence-corrected chi connectivity index (χ0v) is 9.45. The van der Waals surface area contributed by atoms with E-state index in [0.717, 1.165) is 12.8 Å². The lowest BCUT2D eigenvalue weighted by Crippen LogP contribution is -2.44. The lowest BCUT2D eigenvalue weighted by atomic mass is 10.1. The highest BCUT2D eigenvalue weighted by Gasteiger charge is 2.18. The molecule has 0 saturated heterocycles. The molecule has 1 atom stereocenters. The summed E-state index contributed by atoms with van der Waals surface area (Å²) in [7, 11) is 1.63. The summed E-state index contributed by atoms with van der Waals surface area (Å²) in [5.74, 6) is 0.0337. The van der Waals surface area contributed by atoms with Gasteiger partial charge in [0.2, 0.25) is 5.91 Å². The number of carbonyl (C=O) groups is 1. The van der Waals surface area contributed by atoms with Crippen LogP contribution < -0.4 is 5.73 Å². The Kier molecular flexibility index (Phi) is 7.42. The molecule has 0 radical (unpaired) electrons. The van der Waals surface area contributed by atoms with Crippen LogP contribution in [0.2, 0.25) is 0 Å². The standard InChI is InChI=1S/C10H22N2O2/c1-4-6-9(11)10(13)12(5-2)7-8-14-3/h9H,4-8,11H2,1-3H3/t9-/m0/s1. The van der Waals surface area contributed by atoms with Crippen molar-refractivity contribution < 1.29 is 9.53 Å². The molecule has 0 saturated carbocycles. The van der Waals surface area contributed by atoms with Gasteiger partial charge in [0.15, 0.2) is 0 Å². The average Bonchev–Trinajstić information content (AvgIpc) is 2.19. The van der Waals surface area contributed by atoms with E-state index in [0.29, 0.717) is 19.7 Å². The fourth-order valence-corrected chi connectivity index (χ4v) is 1.29. The number of methoxy groups -OCH3 is 1. The van der Waals surface area contributed by atoms with E-state index in [1.165, 1.54) is 0 Å². The SMILES string of the molecule is CCC[C@H](N)C(=O)N(CC)CCOC. The molecule has 14 heavy (non-hydrogen) atoms. The maximum atomic E-state index is 11.7. The van der Waals surface area contributed by atoms with Gasteiger partial charge in [-0.05, 0) is 13.3 Å². The molecular formula is C10H22N2O2. The molecule has 4 heteroatoms. The number of hydrogen-bond donors (Lipinski definition) is 1. The largest absolute Gasteiger partial charge is 0.383 e. The van der Waals surface area contributed by atoms with E-state index in [1.807, 2.05) is 13.8 Å². The Bertz CT molecular complexity index is 162. The number of rotatable bonds is 7. The van der Waals surface area contributed by atoms with Crippen molar-refractivity contribution in [2.24, 2.45) is 5.73 Å². The number of nitrogens with two attached hydrogens (primary N) is 1. The van der Waals surface area contributed by atoms with Gasteiger partial charge in [0.05, 0.1) is 12.6 Å². The molecule has 0 heterocycles. The average molecular weight is 202 g/mol. The fraction of sp³-hybridized carbons (Fsp3) is 0.900. The molecule has 0 rings (SSSR count). The van der Waals surface area contributed by atoms with Crippen LogP contribution in [0.25, 0.3) is 0 Å². The Hall–Kier alpha value is -0.610. The van der Waals surface area contributed by atoms with E-state index in [9.17, 15) is 4.79 Å². The molecular weight excluding hydrogens is 180 g/mol. The highest BCUT2D eigenvalue weighted by atomic mass is 16.5. The maximum Gasteiger partial charge on any atom is 0.239 e. The summed E-state index contributed by atoms with van der Waals surface area (Å²) in [4.78, 5) is 13.5. The number of hydrogen-bond acceptors (Lipinski definition) is 3. The molecule has 1 amide bonds. The minimum absolute atomic E-state index is 0.0337. The Balaban J connectivity index is 4.01. The van der Waals surface area contributed by atoms with Crippen molar-refractivity contribution in [2.75, 3.05) is 26.8 Å². The van der Waals surface area contributed by atoms with Crippen LogP contribution in [-0.4, -0.2) is 43.7 Å². The van der Waals surface area contributed by atoms with Crippen molar-refractivity contribution in [3.8, 4) is 0 Å². The Labute approximate surface area is 86.4 Å². The fourth-order valence-electron chi connectivity index (χ4n) is 1.29. The lowest BCUT2D eigenvalue weighted by Gasteiger charge is -2.23. The van der Waals surface area contributed by atoms with Gasteiger partial charge in [0.1, 0.15) is 0 Å². The molecule has 0 aliphatic heterocycles. The summed E-state index contributed by atoms with van der Waals surface area (Å²) >= 11 is 0. The summed E-state index contributed by atoms with van der Waals surface area (Å²) in [6.07, 6.45) is 1.69. The molecule has 0 aromatic carbocycles. The zero-order chi connectivity index (χ0) is 11.0. The van der Waals surface area contributed by atoms with Crippen LogP contribution in [-0.2, 0) is 9.53 Å². The first-order valence-electron chi connectivity index (χ1n) is 5.20. The summed E-state index contributed by atoms with van der Waals surface area (Å²) in [6.45, 7) is 5.87. The molecule has 0 fully saturated rings. The maximum absolute atomic E-state index is 11.7. The first kappa shape index (κ1) is 13.4. The van der Waals surface area contributed by atoms with Gasteiger partial charge in [-0.2, -0.15) is 0 Å². The van der Waals surface area contributed by atoms with Gasteiger partial charge in [0, 0.05) is 20.2 Å². The second kappa shape index (κ2) is 7.76. The van der Waals surface area contributed by atoms with E-state index in [2.05, 4.69) is 0 Å². The van der Waals surface area contributed by atoms with Gasteiger partial charge < -0.3 is 15.4 Å². The predicted molar refractivity (Wildman–Crippen MR) is 57.0 cm³/mol. The normalized spacial score (nSPS) is 12.6. The third-order valence-corrected chi connectivity index (χ3v) is 2.18. The van der Waals surface area contributed by atoms with Gasteiger partial charge in [-0.25, -0.2) is 0 Å². The van der Waals surface area contributed by atoms with E-state index < -0.39 is 0 Å². The van der Waals surface area contributed by atoms with Crippen molar-refractivity contribution in [1.82, 2.24) is 4.90 Å². The first-order valence-corrected chi connectivity index (χ1v) is 5.20. The summed E-state index contributed by atoms with van der Waals surface area (Å²) < 4.78 is 4.93. The minimum Gasteiger partial charge on any atom is -0.383 e. The highest BCUT2D eigenvalue weighted by Crippen LogP contribution is 1.99. The minimum atomic E-state index is -0.350.